The number of hydrogen-bond donors (Lipinski definition) is 1. The van der Waals surface area contributed by atoms with Crippen LogP contribution in [-0.2, 0) is 4.79 Å². The van der Waals surface area contributed by atoms with Gasteiger partial charge in [-0.3, -0.25) is 4.79 Å². The molecule has 5 unspecified atom stereocenters. The summed E-state index contributed by atoms with van der Waals surface area (Å²) in [5.41, 5.74) is 5.89. The fourth-order valence-corrected chi connectivity index (χ4v) is 4.45. The average molecular weight is 236 g/mol. The fraction of sp³-hybridized carbons (Fsp3) is 0.929. The first kappa shape index (κ1) is 11.5. The van der Waals surface area contributed by atoms with Crippen LogP contribution in [0, 0.1) is 17.8 Å². The first-order chi connectivity index (χ1) is 8.16. The molecule has 3 aliphatic rings. The molecule has 1 heterocycles. The largest absolute Gasteiger partial charge is 0.338 e. The van der Waals surface area contributed by atoms with E-state index in [1.54, 1.807) is 0 Å². The van der Waals surface area contributed by atoms with E-state index in [4.69, 9.17) is 5.73 Å². The van der Waals surface area contributed by atoms with Gasteiger partial charge in [-0.05, 0) is 56.8 Å². The molecule has 0 aromatic rings. The molecule has 0 spiro atoms. The molecule has 1 amide bonds. The van der Waals surface area contributed by atoms with Crippen molar-refractivity contribution in [3.8, 4) is 0 Å². The number of nitrogens with two attached hydrogens (primary N) is 1. The van der Waals surface area contributed by atoms with Gasteiger partial charge < -0.3 is 10.6 Å². The fourth-order valence-electron chi connectivity index (χ4n) is 4.45. The van der Waals surface area contributed by atoms with Crippen molar-refractivity contribution in [2.24, 2.45) is 23.5 Å². The van der Waals surface area contributed by atoms with E-state index in [-0.39, 0.29) is 11.9 Å². The van der Waals surface area contributed by atoms with Crippen LogP contribution in [0.25, 0.3) is 0 Å². The normalized spacial score (nSPS) is 43.2. The molecule has 1 aliphatic heterocycles. The van der Waals surface area contributed by atoms with Gasteiger partial charge in [0.1, 0.15) is 0 Å². The maximum Gasteiger partial charge on any atom is 0.239 e. The van der Waals surface area contributed by atoms with Crippen molar-refractivity contribution in [3.63, 3.8) is 0 Å². The van der Waals surface area contributed by atoms with Crippen LogP contribution < -0.4 is 5.73 Å². The minimum absolute atomic E-state index is 0.200. The van der Waals surface area contributed by atoms with Crippen molar-refractivity contribution in [2.45, 2.75) is 57.5 Å². The van der Waals surface area contributed by atoms with E-state index in [0.717, 1.165) is 37.1 Å². The molecular formula is C14H24N2O. The number of hydrogen-bond acceptors (Lipinski definition) is 2. The van der Waals surface area contributed by atoms with Gasteiger partial charge in [0.15, 0.2) is 0 Å². The van der Waals surface area contributed by atoms with Crippen molar-refractivity contribution in [3.05, 3.63) is 0 Å². The Morgan fingerprint density at radius 1 is 1.29 bits per heavy atom. The van der Waals surface area contributed by atoms with E-state index in [0.29, 0.717) is 6.04 Å². The van der Waals surface area contributed by atoms with Crippen LogP contribution in [0.1, 0.15) is 45.4 Å². The first-order valence-corrected chi connectivity index (χ1v) is 7.23. The maximum atomic E-state index is 12.1. The highest BCUT2D eigenvalue weighted by molar-refractivity contribution is 5.82. The van der Waals surface area contributed by atoms with Gasteiger partial charge in [0.2, 0.25) is 5.91 Å². The van der Waals surface area contributed by atoms with Gasteiger partial charge in [-0.2, -0.15) is 0 Å². The van der Waals surface area contributed by atoms with Gasteiger partial charge in [0.25, 0.3) is 0 Å². The second kappa shape index (κ2) is 4.27. The highest BCUT2D eigenvalue weighted by Crippen LogP contribution is 2.50. The third kappa shape index (κ3) is 1.88. The highest BCUT2D eigenvalue weighted by atomic mass is 16.2. The molecule has 3 rings (SSSR count). The number of carbonyl (C=O) groups excluding carboxylic acids is 1. The van der Waals surface area contributed by atoms with Gasteiger partial charge in [0.05, 0.1) is 6.04 Å². The summed E-state index contributed by atoms with van der Waals surface area (Å²) in [7, 11) is 0. The molecular weight excluding hydrogens is 212 g/mol. The van der Waals surface area contributed by atoms with Crippen LogP contribution in [-0.4, -0.2) is 29.4 Å². The summed E-state index contributed by atoms with van der Waals surface area (Å²) in [6, 6.07) is 0.189. The molecule has 3 heteroatoms. The predicted molar refractivity (Wildman–Crippen MR) is 67.3 cm³/mol. The zero-order chi connectivity index (χ0) is 12.0. The maximum absolute atomic E-state index is 12.1. The number of fused-ring (bicyclic) bond motifs is 2. The summed E-state index contributed by atoms with van der Waals surface area (Å²) in [5.74, 6) is 2.80. The van der Waals surface area contributed by atoms with E-state index in [1.807, 2.05) is 0 Å². The van der Waals surface area contributed by atoms with E-state index in [1.165, 1.54) is 25.7 Å². The first-order valence-electron chi connectivity index (χ1n) is 7.23. The van der Waals surface area contributed by atoms with Crippen LogP contribution in [0.2, 0.25) is 0 Å². The van der Waals surface area contributed by atoms with Crippen LogP contribution in [0.5, 0.6) is 0 Å². The van der Waals surface area contributed by atoms with Crippen molar-refractivity contribution in [2.75, 3.05) is 6.54 Å². The van der Waals surface area contributed by atoms with Crippen molar-refractivity contribution in [1.82, 2.24) is 4.90 Å². The molecule has 96 valence electrons. The van der Waals surface area contributed by atoms with E-state index < -0.39 is 0 Å². The molecule has 5 atom stereocenters. The number of nitrogens with zero attached hydrogens (tertiary/aromatic N) is 1. The summed E-state index contributed by atoms with van der Waals surface area (Å²) in [6.07, 6.45) is 7.56. The van der Waals surface area contributed by atoms with E-state index in [2.05, 4.69) is 11.8 Å². The minimum Gasteiger partial charge on any atom is -0.338 e. The number of rotatable bonds is 2. The summed E-state index contributed by atoms with van der Waals surface area (Å²) in [6.45, 7) is 3.18. The Kier molecular flexibility index (Phi) is 2.89. The van der Waals surface area contributed by atoms with Crippen LogP contribution in [0.3, 0.4) is 0 Å². The lowest BCUT2D eigenvalue weighted by atomic mass is 9.82. The zero-order valence-electron chi connectivity index (χ0n) is 10.8. The third-order valence-electron chi connectivity index (χ3n) is 5.42. The summed E-state index contributed by atoms with van der Waals surface area (Å²) < 4.78 is 0. The van der Waals surface area contributed by atoms with E-state index >= 15 is 0 Å². The lowest BCUT2D eigenvalue weighted by Gasteiger charge is -2.40. The molecule has 0 radical (unpaired) electrons. The van der Waals surface area contributed by atoms with Crippen molar-refractivity contribution in [1.29, 1.82) is 0 Å². The molecule has 2 N–H and O–H groups in total. The SMILES string of the molecule is CC(C1CC2CCC1C2)N1CCCC(N)C1=O. The Balaban J connectivity index is 1.69. The molecule has 2 aliphatic carbocycles. The minimum atomic E-state index is -0.232. The van der Waals surface area contributed by atoms with Gasteiger partial charge in [-0.1, -0.05) is 6.42 Å². The third-order valence-corrected chi connectivity index (χ3v) is 5.42. The van der Waals surface area contributed by atoms with Crippen LogP contribution in [0.15, 0.2) is 0 Å². The van der Waals surface area contributed by atoms with E-state index in [9.17, 15) is 4.79 Å². The monoisotopic (exact) mass is 236 g/mol. The number of piperidine rings is 1. The lowest BCUT2D eigenvalue weighted by molar-refractivity contribution is -0.138. The van der Waals surface area contributed by atoms with Crippen molar-refractivity contribution >= 4 is 5.91 Å². The van der Waals surface area contributed by atoms with Gasteiger partial charge in [0, 0.05) is 12.6 Å². The quantitative estimate of drug-likeness (QED) is 0.794. The Labute approximate surface area is 104 Å². The van der Waals surface area contributed by atoms with Crippen LogP contribution >= 0.6 is 0 Å². The highest BCUT2D eigenvalue weighted by Gasteiger charge is 2.44. The lowest BCUT2D eigenvalue weighted by Crippen LogP contribution is -2.54. The average Bonchev–Trinajstić information content (AvgIpc) is 2.94. The molecule has 3 fully saturated rings. The Morgan fingerprint density at radius 3 is 2.76 bits per heavy atom. The standard InChI is InChI=1S/C14H24N2O/c1-9(12-8-10-4-5-11(12)7-10)16-6-2-3-13(15)14(16)17/h9-13H,2-8,15H2,1H3. The topological polar surface area (TPSA) is 46.3 Å². The van der Waals surface area contributed by atoms with Crippen LogP contribution in [0.4, 0.5) is 0 Å². The Bertz CT molecular complexity index is 317. The molecule has 1 saturated heterocycles. The molecule has 0 aromatic heterocycles. The molecule has 2 saturated carbocycles. The van der Waals surface area contributed by atoms with Gasteiger partial charge in [-0.25, -0.2) is 0 Å². The summed E-state index contributed by atoms with van der Waals surface area (Å²) >= 11 is 0. The summed E-state index contributed by atoms with van der Waals surface area (Å²) in [4.78, 5) is 14.2. The number of likely N-dealkylation sites (tertiary alicyclic amines) is 1. The van der Waals surface area contributed by atoms with Gasteiger partial charge in [-0.15, -0.1) is 0 Å². The molecule has 3 nitrogen and oxygen atoms in total. The second-order valence-corrected chi connectivity index (χ2v) is 6.36. The van der Waals surface area contributed by atoms with Gasteiger partial charge >= 0.3 is 0 Å². The second-order valence-electron chi connectivity index (χ2n) is 6.36. The molecule has 17 heavy (non-hydrogen) atoms. The number of amides is 1. The smallest absolute Gasteiger partial charge is 0.239 e. The summed E-state index contributed by atoms with van der Waals surface area (Å²) in [5, 5.41) is 0. The number of carbonyl (C=O) groups is 1. The Hall–Kier alpha value is -0.570. The Morgan fingerprint density at radius 2 is 2.12 bits per heavy atom. The zero-order valence-corrected chi connectivity index (χ0v) is 10.8. The van der Waals surface area contributed by atoms with Crippen molar-refractivity contribution < 1.29 is 4.79 Å². The molecule has 2 bridgehead atoms. The predicted octanol–water partition coefficient (Wildman–Crippen LogP) is 1.76. The molecule has 0 aromatic carbocycles.